The molecule has 0 aromatic carbocycles. The molecular weight excluding hydrogens is 204 g/mol. The molecule has 0 spiro atoms. The molecule has 0 radical (unpaired) electrons. The van der Waals surface area contributed by atoms with E-state index in [1.807, 2.05) is 6.92 Å². The van der Waals surface area contributed by atoms with E-state index in [9.17, 15) is 4.79 Å². The summed E-state index contributed by atoms with van der Waals surface area (Å²) in [6.07, 6.45) is 3.75. The lowest BCUT2D eigenvalue weighted by molar-refractivity contribution is -0.137. The second-order valence-electron chi connectivity index (χ2n) is 5.80. The van der Waals surface area contributed by atoms with E-state index in [2.05, 4.69) is 20.8 Å². The van der Waals surface area contributed by atoms with Crippen molar-refractivity contribution >= 4 is 5.97 Å². The van der Waals surface area contributed by atoms with Crippen molar-refractivity contribution in [2.24, 2.45) is 5.41 Å². The van der Waals surface area contributed by atoms with Crippen molar-refractivity contribution in [3.63, 3.8) is 0 Å². The van der Waals surface area contributed by atoms with Gasteiger partial charge in [0, 0.05) is 6.08 Å². The lowest BCUT2D eigenvalue weighted by Gasteiger charge is -2.32. The molecular formula is C13H20O3. The van der Waals surface area contributed by atoms with Gasteiger partial charge in [-0.15, -0.1) is 0 Å². The van der Waals surface area contributed by atoms with Gasteiger partial charge >= 0.3 is 5.97 Å². The number of ether oxygens (including phenoxy) is 2. The van der Waals surface area contributed by atoms with Crippen LogP contribution in [0.4, 0.5) is 0 Å². The van der Waals surface area contributed by atoms with E-state index in [1.54, 1.807) is 6.08 Å². The fourth-order valence-electron chi connectivity index (χ4n) is 2.96. The zero-order valence-corrected chi connectivity index (χ0v) is 10.5. The Morgan fingerprint density at radius 3 is 2.88 bits per heavy atom. The van der Waals surface area contributed by atoms with Gasteiger partial charge in [-0.05, 0) is 37.7 Å². The average molecular weight is 224 g/mol. The summed E-state index contributed by atoms with van der Waals surface area (Å²) in [5.41, 5.74) is 1.26. The SMILES string of the molecule is CCOC(=O)/C=C1/CC(C)(C)CC2(C)OC12. The van der Waals surface area contributed by atoms with Crippen LogP contribution in [0.3, 0.4) is 0 Å². The van der Waals surface area contributed by atoms with Gasteiger partial charge in [0.2, 0.25) is 0 Å². The Hall–Kier alpha value is -0.830. The molecule has 0 aromatic heterocycles. The maximum absolute atomic E-state index is 11.4. The van der Waals surface area contributed by atoms with Crippen LogP contribution in [0.25, 0.3) is 0 Å². The van der Waals surface area contributed by atoms with Crippen LogP contribution in [0.5, 0.6) is 0 Å². The first-order valence-corrected chi connectivity index (χ1v) is 5.91. The van der Waals surface area contributed by atoms with Gasteiger partial charge < -0.3 is 9.47 Å². The molecule has 2 rings (SSSR count). The van der Waals surface area contributed by atoms with Crippen molar-refractivity contribution in [2.75, 3.05) is 6.61 Å². The molecule has 2 atom stereocenters. The summed E-state index contributed by atoms with van der Waals surface area (Å²) in [4.78, 5) is 11.4. The third-order valence-corrected chi connectivity index (χ3v) is 3.32. The van der Waals surface area contributed by atoms with Crippen LogP contribution in [0, 0.1) is 5.41 Å². The summed E-state index contributed by atoms with van der Waals surface area (Å²) >= 11 is 0. The van der Waals surface area contributed by atoms with Crippen molar-refractivity contribution in [1.82, 2.24) is 0 Å². The highest BCUT2D eigenvalue weighted by Gasteiger charge is 2.60. The minimum Gasteiger partial charge on any atom is -0.463 e. The first-order chi connectivity index (χ1) is 7.36. The molecule has 0 N–H and O–H groups in total. The van der Waals surface area contributed by atoms with Crippen LogP contribution < -0.4 is 0 Å². The lowest BCUT2D eigenvalue weighted by Crippen LogP contribution is -2.30. The van der Waals surface area contributed by atoms with E-state index in [0.29, 0.717) is 6.61 Å². The smallest absolute Gasteiger partial charge is 0.330 e. The summed E-state index contributed by atoms with van der Waals surface area (Å²) in [6.45, 7) is 8.80. The number of epoxide rings is 1. The van der Waals surface area contributed by atoms with Crippen LogP contribution in [0.15, 0.2) is 11.6 Å². The highest BCUT2D eigenvalue weighted by atomic mass is 16.6. The van der Waals surface area contributed by atoms with Gasteiger partial charge in [0.25, 0.3) is 0 Å². The predicted molar refractivity (Wildman–Crippen MR) is 61.0 cm³/mol. The topological polar surface area (TPSA) is 38.8 Å². The van der Waals surface area contributed by atoms with Crippen molar-refractivity contribution in [3.05, 3.63) is 11.6 Å². The van der Waals surface area contributed by atoms with Gasteiger partial charge in [0.15, 0.2) is 0 Å². The van der Waals surface area contributed by atoms with Gasteiger partial charge in [0.05, 0.1) is 12.2 Å². The molecule has 1 saturated carbocycles. The quantitative estimate of drug-likeness (QED) is 0.411. The summed E-state index contributed by atoms with van der Waals surface area (Å²) in [5, 5.41) is 0. The molecule has 3 nitrogen and oxygen atoms in total. The fraction of sp³-hybridized carbons (Fsp3) is 0.769. The van der Waals surface area contributed by atoms with Gasteiger partial charge in [-0.1, -0.05) is 13.8 Å². The zero-order valence-electron chi connectivity index (χ0n) is 10.5. The van der Waals surface area contributed by atoms with Crippen LogP contribution in [-0.2, 0) is 14.3 Å². The van der Waals surface area contributed by atoms with Crippen molar-refractivity contribution in [2.45, 2.75) is 52.2 Å². The molecule has 2 unspecified atom stereocenters. The van der Waals surface area contributed by atoms with Crippen LogP contribution >= 0.6 is 0 Å². The zero-order chi connectivity index (χ0) is 12.0. The lowest BCUT2D eigenvalue weighted by atomic mass is 9.70. The Labute approximate surface area is 96.8 Å². The van der Waals surface area contributed by atoms with E-state index in [0.717, 1.165) is 18.4 Å². The van der Waals surface area contributed by atoms with E-state index < -0.39 is 0 Å². The number of hydrogen-bond acceptors (Lipinski definition) is 3. The normalized spacial score (nSPS) is 38.0. The van der Waals surface area contributed by atoms with E-state index >= 15 is 0 Å². The van der Waals surface area contributed by atoms with Crippen molar-refractivity contribution in [1.29, 1.82) is 0 Å². The third-order valence-electron chi connectivity index (χ3n) is 3.32. The molecule has 1 aliphatic heterocycles. The van der Waals surface area contributed by atoms with Crippen molar-refractivity contribution in [3.8, 4) is 0 Å². The number of esters is 1. The van der Waals surface area contributed by atoms with Gasteiger partial charge in [0.1, 0.15) is 6.10 Å². The number of rotatable bonds is 2. The molecule has 90 valence electrons. The summed E-state index contributed by atoms with van der Waals surface area (Å²) in [6, 6.07) is 0. The van der Waals surface area contributed by atoms with Crippen LogP contribution in [0.2, 0.25) is 0 Å². The summed E-state index contributed by atoms with van der Waals surface area (Å²) < 4.78 is 10.7. The van der Waals surface area contributed by atoms with Crippen LogP contribution in [0.1, 0.15) is 40.5 Å². The van der Waals surface area contributed by atoms with E-state index in [-0.39, 0.29) is 23.1 Å². The molecule has 2 aliphatic rings. The monoisotopic (exact) mass is 224 g/mol. The van der Waals surface area contributed by atoms with E-state index in [4.69, 9.17) is 9.47 Å². The highest BCUT2D eigenvalue weighted by Crippen LogP contribution is 2.56. The molecule has 1 saturated heterocycles. The maximum atomic E-state index is 11.4. The number of carbonyl (C=O) groups is 1. The second-order valence-corrected chi connectivity index (χ2v) is 5.80. The van der Waals surface area contributed by atoms with E-state index in [1.165, 1.54) is 0 Å². The Morgan fingerprint density at radius 2 is 2.25 bits per heavy atom. The largest absolute Gasteiger partial charge is 0.463 e. The second kappa shape index (κ2) is 3.59. The average Bonchev–Trinajstić information content (AvgIpc) is 2.74. The molecule has 0 aromatic rings. The maximum Gasteiger partial charge on any atom is 0.330 e. The molecule has 2 fully saturated rings. The highest BCUT2D eigenvalue weighted by molar-refractivity contribution is 5.83. The van der Waals surface area contributed by atoms with Gasteiger partial charge in [-0.25, -0.2) is 4.79 Å². The van der Waals surface area contributed by atoms with Crippen molar-refractivity contribution < 1.29 is 14.3 Å². The predicted octanol–water partition coefficient (Wildman–Crippen LogP) is 2.45. The first kappa shape index (κ1) is 11.6. The summed E-state index contributed by atoms with van der Waals surface area (Å²) in [7, 11) is 0. The Morgan fingerprint density at radius 1 is 1.56 bits per heavy atom. The Balaban J connectivity index is 2.13. The van der Waals surface area contributed by atoms with Gasteiger partial charge in [-0.3, -0.25) is 0 Å². The molecule has 1 aliphatic carbocycles. The molecule has 1 heterocycles. The number of fused-ring (bicyclic) bond motifs is 1. The molecule has 0 amide bonds. The minimum absolute atomic E-state index is 0.0416. The fourth-order valence-corrected chi connectivity index (χ4v) is 2.96. The Bertz CT molecular complexity index is 340. The standard InChI is InChI=1S/C13H20O3/c1-5-15-10(14)6-9-7-12(2,3)8-13(4)11(9)16-13/h6,11H,5,7-8H2,1-4H3/b9-6-. The summed E-state index contributed by atoms with van der Waals surface area (Å²) in [5.74, 6) is -0.243. The molecule has 16 heavy (non-hydrogen) atoms. The first-order valence-electron chi connectivity index (χ1n) is 5.91. The number of hydrogen-bond donors (Lipinski definition) is 0. The van der Waals surface area contributed by atoms with Gasteiger partial charge in [-0.2, -0.15) is 0 Å². The van der Waals surface area contributed by atoms with Crippen LogP contribution in [-0.4, -0.2) is 24.3 Å². The Kier molecular flexibility index (Phi) is 2.61. The third kappa shape index (κ3) is 2.14. The molecule has 3 heteroatoms. The minimum atomic E-state index is -0.243. The number of carbonyl (C=O) groups excluding carboxylic acids is 1. The molecule has 0 bridgehead atoms.